The van der Waals surface area contributed by atoms with Crippen molar-refractivity contribution < 1.29 is 23.8 Å². The molecule has 0 aliphatic heterocycles. The van der Waals surface area contributed by atoms with Crippen molar-refractivity contribution in [3.8, 4) is 0 Å². The highest BCUT2D eigenvalue weighted by molar-refractivity contribution is 5.70. The van der Waals surface area contributed by atoms with E-state index in [1.54, 1.807) is 0 Å². The maximum Gasteiger partial charge on any atom is 0.306 e. The average Bonchev–Trinajstić information content (AvgIpc) is 3.22. The Morgan fingerprint density at radius 3 is 1.05 bits per heavy atom. The molecule has 1 unspecified atom stereocenters. The molecule has 0 radical (unpaired) electrons. The monoisotopic (exact) mass is 819 g/mol. The summed E-state index contributed by atoms with van der Waals surface area (Å²) in [7, 11) is 0. The number of carbonyl (C=O) groups excluding carboxylic acids is 2. The number of allylic oxidation sites excluding steroid dienone is 2. The van der Waals surface area contributed by atoms with Crippen molar-refractivity contribution in [2.45, 2.75) is 297 Å². The number of ether oxygens (including phenoxy) is 3. The van der Waals surface area contributed by atoms with Crippen LogP contribution in [0.4, 0.5) is 0 Å². The summed E-state index contributed by atoms with van der Waals surface area (Å²) in [5, 5.41) is 0. The predicted molar refractivity (Wildman–Crippen MR) is 252 cm³/mol. The molecule has 0 saturated heterocycles. The summed E-state index contributed by atoms with van der Waals surface area (Å²) in [6, 6.07) is 0. The zero-order valence-electron chi connectivity index (χ0n) is 39.6. The van der Waals surface area contributed by atoms with Crippen LogP contribution in [0.2, 0.25) is 0 Å². The molecule has 5 nitrogen and oxygen atoms in total. The van der Waals surface area contributed by atoms with Crippen molar-refractivity contribution in [2.75, 3.05) is 19.8 Å². The molecule has 0 aromatic carbocycles. The van der Waals surface area contributed by atoms with Crippen LogP contribution in [0.25, 0.3) is 0 Å². The number of unbranched alkanes of at least 4 members (excludes halogenated alkanes) is 36. The highest BCUT2D eigenvalue weighted by Crippen LogP contribution is 2.16. The van der Waals surface area contributed by atoms with E-state index in [0.29, 0.717) is 26.1 Å². The van der Waals surface area contributed by atoms with Gasteiger partial charge in [0.2, 0.25) is 0 Å². The van der Waals surface area contributed by atoms with E-state index >= 15 is 0 Å². The molecular formula is C53H102O5. The van der Waals surface area contributed by atoms with Crippen LogP contribution in [0.15, 0.2) is 12.2 Å². The van der Waals surface area contributed by atoms with Gasteiger partial charge in [0.1, 0.15) is 6.61 Å². The Morgan fingerprint density at radius 2 is 0.672 bits per heavy atom. The Morgan fingerprint density at radius 1 is 0.362 bits per heavy atom. The summed E-state index contributed by atoms with van der Waals surface area (Å²) >= 11 is 0. The van der Waals surface area contributed by atoms with Gasteiger partial charge in [-0.05, 0) is 44.9 Å². The van der Waals surface area contributed by atoms with Gasteiger partial charge in [-0.25, -0.2) is 0 Å². The summed E-state index contributed by atoms with van der Waals surface area (Å²) in [4.78, 5) is 25.3. The molecule has 344 valence electrons. The molecular weight excluding hydrogens is 717 g/mol. The van der Waals surface area contributed by atoms with Crippen LogP contribution in [0.3, 0.4) is 0 Å². The van der Waals surface area contributed by atoms with E-state index in [0.717, 1.165) is 44.9 Å². The van der Waals surface area contributed by atoms with Gasteiger partial charge < -0.3 is 14.2 Å². The molecule has 1 atom stereocenters. The van der Waals surface area contributed by atoms with Crippen LogP contribution in [-0.2, 0) is 23.8 Å². The second kappa shape index (κ2) is 50.0. The maximum atomic E-state index is 12.7. The van der Waals surface area contributed by atoms with Crippen LogP contribution >= 0.6 is 0 Å². The number of hydrogen-bond acceptors (Lipinski definition) is 5. The molecule has 0 amide bonds. The highest BCUT2D eigenvalue weighted by atomic mass is 16.6. The summed E-state index contributed by atoms with van der Waals surface area (Å²) < 4.78 is 17.3. The fourth-order valence-corrected chi connectivity index (χ4v) is 7.86. The van der Waals surface area contributed by atoms with Crippen molar-refractivity contribution in [3.05, 3.63) is 12.2 Å². The number of carbonyl (C=O) groups is 2. The molecule has 0 aromatic heterocycles. The third-order valence-electron chi connectivity index (χ3n) is 11.8. The lowest BCUT2D eigenvalue weighted by Crippen LogP contribution is -2.30. The third-order valence-corrected chi connectivity index (χ3v) is 11.8. The van der Waals surface area contributed by atoms with E-state index in [4.69, 9.17) is 14.2 Å². The zero-order valence-corrected chi connectivity index (χ0v) is 39.6. The second-order valence-corrected chi connectivity index (χ2v) is 17.8. The molecule has 58 heavy (non-hydrogen) atoms. The van der Waals surface area contributed by atoms with Gasteiger partial charge >= 0.3 is 11.9 Å². The standard InChI is InChI=1S/C53H102O5/c1-4-7-10-13-16-19-21-23-25-26-27-28-30-31-33-35-37-40-43-46-52(54)57-50-51(49-56-48-45-42-39-18-15-12-9-6-3)58-53(55)47-44-41-38-36-34-32-29-24-22-20-17-14-11-8-5-2/h24,29,51H,4-23,25-28,30-50H2,1-3H3/b29-24-. The van der Waals surface area contributed by atoms with Crippen LogP contribution in [0.1, 0.15) is 290 Å². The Hall–Kier alpha value is -1.36. The van der Waals surface area contributed by atoms with Gasteiger partial charge in [0.25, 0.3) is 0 Å². The lowest BCUT2D eigenvalue weighted by atomic mass is 10.0. The molecule has 0 spiro atoms. The molecule has 5 heteroatoms. The van der Waals surface area contributed by atoms with Gasteiger partial charge in [0.15, 0.2) is 6.10 Å². The molecule has 0 bridgehead atoms. The second-order valence-electron chi connectivity index (χ2n) is 17.8. The van der Waals surface area contributed by atoms with Crippen molar-refractivity contribution >= 4 is 11.9 Å². The third kappa shape index (κ3) is 47.3. The topological polar surface area (TPSA) is 61.8 Å². The van der Waals surface area contributed by atoms with E-state index in [9.17, 15) is 9.59 Å². The Balaban J connectivity index is 4.09. The lowest BCUT2D eigenvalue weighted by Gasteiger charge is -2.18. The quantitative estimate of drug-likeness (QED) is 0.0348. The SMILES string of the molecule is CCCCCCCC/C=C\CCCCCCCC(=O)OC(COCCCCCCCCCC)COC(=O)CCCCCCCCCCCCCCCCCCCCC. The van der Waals surface area contributed by atoms with Crippen molar-refractivity contribution in [1.82, 2.24) is 0 Å². The minimum absolute atomic E-state index is 0.0908. The normalized spacial score (nSPS) is 12.1. The van der Waals surface area contributed by atoms with Gasteiger partial charge in [0.05, 0.1) is 6.61 Å². The number of hydrogen-bond donors (Lipinski definition) is 0. The zero-order chi connectivity index (χ0) is 42.1. The molecule has 0 aromatic rings. The van der Waals surface area contributed by atoms with Crippen LogP contribution in [0, 0.1) is 0 Å². The van der Waals surface area contributed by atoms with Crippen molar-refractivity contribution in [1.29, 1.82) is 0 Å². The first-order valence-electron chi connectivity index (χ1n) is 26.2. The number of rotatable bonds is 49. The Kier molecular flexibility index (Phi) is 48.8. The van der Waals surface area contributed by atoms with Gasteiger partial charge in [-0.3, -0.25) is 9.59 Å². The van der Waals surface area contributed by atoms with Crippen LogP contribution in [-0.4, -0.2) is 37.9 Å². The highest BCUT2D eigenvalue weighted by Gasteiger charge is 2.17. The molecule has 0 N–H and O–H groups in total. The molecule has 0 fully saturated rings. The molecule has 0 saturated carbocycles. The van der Waals surface area contributed by atoms with E-state index in [2.05, 4.69) is 32.9 Å². The van der Waals surface area contributed by atoms with E-state index < -0.39 is 6.10 Å². The smallest absolute Gasteiger partial charge is 0.306 e. The van der Waals surface area contributed by atoms with Crippen LogP contribution in [0.5, 0.6) is 0 Å². The first kappa shape index (κ1) is 56.6. The molecule has 0 rings (SSSR count). The summed E-state index contributed by atoms with van der Waals surface area (Å²) in [5.74, 6) is -0.387. The molecule has 0 aliphatic rings. The fourth-order valence-electron chi connectivity index (χ4n) is 7.86. The van der Waals surface area contributed by atoms with E-state index in [1.165, 1.54) is 212 Å². The summed E-state index contributed by atoms with van der Waals surface area (Å²) in [5.41, 5.74) is 0. The predicted octanol–water partition coefficient (Wildman–Crippen LogP) is 17.5. The van der Waals surface area contributed by atoms with E-state index in [1.807, 2.05) is 0 Å². The molecule has 0 heterocycles. The van der Waals surface area contributed by atoms with E-state index in [-0.39, 0.29) is 18.5 Å². The van der Waals surface area contributed by atoms with Gasteiger partial charge in [0, 0.05) is 19.4 Å². The maximum absolute atomic E-state index is 12.7. The minimum atomic E-state index is -0.529. The average molecular weight is 819 g/mol. The van der Waals surface area contributed by atoms with Crippen molar-refractivity contribution in [3.63, 3.8) is 0 Å². The van der Waals surface area contributed by atoms with Crippen LogP contribution < -0.4 is 0 Å². The Labute approximate surface area is 363 Å². The Bertz CT molecular complexity index is 840. The van der Waals surface area contributed by atoms with Crippen molar-refractivity contribution in [2.24, 2.45) is 0 Å². The summed E-state index contributed by atoms with van der Waals surface area (Å²) in [6.45, 7) is 7.86. The molecule has 0 aliphatic carbocycles. The van der Waals surface area contributed by atoms with Gasteiger partial charge in [-0.15, -0.1) is 0 Å². The van der Waals surface area contributed by atoms with Gasteiger partial charge in [-0.2, -0.15) is 0 Å². The van der Waals surface area contributed by atoms with Gasteiger partial charge in [-0.1, -0.05) is 245 Å². The fraction of sp³-hybridized carbons (Fsp3) is 0.925. The minimum Gasteiger partial charge on any atom is -0.462 e. The number of esters is 2. The first-order chi connectivity index (χ1) is 28.6. The lowest BCUT2D eigenvalue weighted by molar-refractivity contribution is -0.163. The first-order valence-corrected chi connectivity index (χ1v) is 26.2. The largest absolute Gasteiger partial charge is 0.462 e. The summed E-state index contributed by atoms with van der Waals surface area (Å²) in [6.07, 6.45) is 56.5.